The van der Waals surface area contributed by atoms with Crippen LogP contribution in [0, 0.1) is 10.1 Å². The monoisotopic (exact) mass is 387 g/mol. The first-order valence-corrected chi connectivity index (χ1v) is 8.11. The largest absolute Gasteiger partial charge is 0.496 e. The van der Waals surface area contributed by atoms with Crippen LogP contribution in [0.4, 0.5) is 11.4 Å². The molecule has 2 aromatic carbocycles. The van der Waals surface area contributed by atoms with Gasteiger partial charge in [-0.15, -0.1) is 0 Å². The molecule has 0 aliphatic rings. The third kappa shape index (κ3) is 5.51. The van der Waals surface area contributed by atoms with Crippen LogP contribution in [0.3, 0.4) is 0 Å². The lowest BCUT2D eigenvalue weighted by molar-refractivity contribution is -0.384. The van der Waals surface area contributed by atoms with Gasteiger partial charge in [-0.2, -0.15) is 0 Å². The number of para-hydroxylation sites is 1. The number of nitrogens with one attached hydrogen (secondary N) is 2. The molecule has 0 aliphatic heterocycles. The molecule has 2 rings (SSSR count). The van der Waals surface area contributed by atoms with Crippen molar-refractivity contribution in [3.05, 3.63) is 64.2 Å². The molecule has 2 aromatic rings. The maximum Gasteiger partial charge on any atom is 0.296 e. The number of carbonyl (C=O) groups excluding carboxylic acids is 1. The zero-order chi connectivity index (χ0) is 19.8. The summed E-state index contributed by atoms with van der Waals surface area (Å²) in [5.41, 5.74) is 0.634. The molecule has 0 aromatic heterocycles. The van der Waals surface area contributed by atoms with Crippen LogP contribution in [0.5, 0.6) is 11.5 Å². The van der Waals surface area contributed by atoms with Gasteiger partial charge in [-0.25, -0.2) is 0 Å². The van der Waals surface area contributed by atoms with Crippen molar-refractivity contribution in [3.8, 4) is 11.5 Å². The maximum absolute atomic E-state index is 12.0. The zero-order valence-electron chi connectivity index (χ0n) is 14.6. The Morgan fingerprint density at radius 2 is 1.93 bits per heavy atom. The predicted molar refractivity (Wildman–Crippen MR) is 106 cm³/mol. The lowest BCUT2D eigenvalue weighted by Crippen LogP contribution is -2.33. The number of hydrogen-bond donors (Lipinski definition) is 2. The molecule has 140 valence electrons. The normalized spacial score (nSPS) is 10.3. The molecule has 0 spiro atoms. The van der Waals surface area contributed by atoms with Gasteiger partial charge in [0.15, 0.2) is 5.11 Å². The third-order valence-corrected chi connectivity index (χ3v) is 3.64. The number of rotatable bonds is 6. The van der Waals surface area contributed by atoms with Gasteiger partial charge in [-0.05, 0) is 36.5 Å². The van der Waals surface area contributed by atoms with E-state index in [1.54, 1.807) is 24.3 Å². The van der Waals surface area contributed by atoms with E-state index in [4.69, 9.17) is 21.7 Å². The summed E-state index contributed by atoms with van der Waals surface area (Å²) < 4.78 is 10.2. The number of nitrogens with zero attached hydrogens (tertiary/aromatic N) is 1. The molecule has 0 aliphatic carbocycles. The van der Waals surface area contributed by atoms with Gasteiger partial charge < -0.3 is 14.8 Å². The second kappa shape index (κ2) is 9.30. The van der Waals surface area contributed by atoms with Gasteiger partial charge in [0.25, 0.3) is 5.69 Å². The van der Waals surface area contributed by atoms with Crippen LogP contribution in [-0.4, -0.2) is 30.2 Å². The lowest BCUT2D eigenvalue weighted by atomic mass is 10.2. The number of hydrogen-bond acceptors (Lipinski definition) is 6. The molecule has 0 saturated heterocycles. The fraction of sp³-hybridized carbons (Fsp3) is 0.111. The van der Waals surface area contributed by atoms with Crippen molar-refractivity contribution in [1.29, 1.82) is 0 Å². The molecule has 0 fully saturated rings. The fourth-order valence-corrected chi connectivity index (χ4v) is 2.38. The van der Waals surface area contributed by atoms with E-state index in [0.717, 1.165) is 5.56 Å². The van der Waals surface area contributed by atoms with E-state index < -0.39 is 10.8 Å². The minimum absolute atomic E-state index is 0.0713. The molecule has 9 heteroatoms. The second-order valence-electron chi connectivity index (χ2n) is 5.16. The number of thiocarbonyl (C=S) groups is 1. The Labute approximate surface area is 160 Å². The number of nitro benzene ring substituents is 1. The van der Waals surface area contributed by atoms with E-state index in [1.165, 1.54) is 32.4 Å². The summed E-state index contributed by atoms with van der Waals surface area (Å²) in [5, 5.41) is 16.2. The quantitative estimate of drug-likeness (QED) is 0.340. The van der Waals surface area contributed by atoms with E-state index >= 15 is 0 Å². The van der Waals surface area contributed by atoms with Crippen LogP contribution in [-0.2, 0) is 4.79 Å². The van der Waals surface area contributed by atoms with Crippen molar-refractivity contribution in [2.45, 2.75) is 0 Å². The van der Waals surface area contributed by atoms with Crippen LogP contribution in [0.2, 0.25) is 0 Å². The van der Waals surface area contributed by atoms with E-state index in [2.05, 4.69) is 10.6 Å². The maximum atomic E-state index is 12.0. The van der Waals surface area contributed by atoms with Crippen LogP contribution < -0.4 is 20.1 Å². The number of ether oxygens (including phenoxy) is 2. The molecule has 8 nitrogen and oxygen atoms in total. The number of benzene rings is 2. The Morgan fingerprint density at radius 1 is 1.19 bits per heavy atom. The summed E-state index contributed by atoms with van der Waals surface area (Å²) in [7, 11) is 2.94. The zero-order valence-corrected chi connectivity index (χ0v) is 15.4. The standard InChI is InChI=1S/C18H17N3O5S/c1-25-13-8-9-14(15(11-13)21(23)24)19-18(27)20-17(22)10-7-12-5-3-4-6-16(12)26-2/h3-11H,1-2H3,(H2,19,20,22,27). The van der Waals surface area contributed by atoms with Crippen LogP contribution >= 0.6 is 12.2 Å². The van der Waals surface area contributed by atoms with Crippen molar-refractivity contribution >= 4 is 40.7 Å². The summed E-state index contributed by atoms with van der Waals surface area (Å²) in [6.07, 6.45) is 2.86. The predicted octanol–water partition coefficient (Wildman–Crippen LogP) is 3.14. The fourth-order valence-electron chi connectivity index (χ4n) is 2.17. The first-order chi connectivity index (χ1) is 12.9. The van der Waals surface area contributed by atoms with Crippen molar-refractivity contribution in [2.75, 3.05) is 19.5 Å². The smallest absolute Gasteiger partial charge is 0.296 e. The highest BCUT2D eigenvalue weighted by Crippen LogP contribution is 2.28. The SMILES string of the molecule is COc1ccc(NC(=S)NC(=O)C=Cc2ccccc2OC)c([N+](=O)[O-])c1. The summed E-state index contributed by atoms with van der Waals surface area (Å²) in [6.45, 7) is 0. The van der Waals surface area contributed by atoms with Gasteiger partial charge in [0.1, 0.15) is 17.2 Å². The van der Waals surface area contributed by atoms with Crippen LogP contribution in [0.25, 0.3) is 6.08 Å². The van der Waals surface area contributed by atoms with E-state index in [0.29, 0.717) is 11.5 Å². The number of methoxy groups -OCH3 is 2. The third-order valence-electron chi connectivity index (χ3n) is 3.44. The molecular weight excluding hydrogens is 370 g/mol. The van der Waals surface area contributed by atoms with Gasteiger partial charge in [0.05, 0.1) is 25.2 Å². The Hall–Kier alpha value is -3.46. The molecular formula is C18H17N3O5S. The van der Waals surface area contributed by atoms with Crippen LogP contribution in [0.1, 0.15) is 5.56 Å². The number of anilines is 1. The molecule has 0 atom stereocenters. The Morgan fingerprint density at radius 3 is 2.59 bits per heavy atom. The number of amides is 1. The number of carbonyl (C=O) groups is 1. The molecule has 0 bridgehead atoms. The van der Waals surface area contributed by atoms with E-state index in [-0.39, 0.29) is 16.5 Å². The molecule has 0 radical (unpaired) electrons. The molecule has 0 unspecified atom stereocenters. The van der Waals surface area contributed by atoms with Gasteiger partial charge >= 0.3 is 0 Å². The average Bonchev–Trinajstić information content (AvgIpc) is 2.66. The lowest BCUT2D eigenvalue weighted by Gasteiger charge is -2.09. The second-order valence-corrected chi connectivity index (χ2v) is 5.57. The summed E-state index contributed by atoms with van der Waals surface area (Å²) in [6, 6.07) is 11.4. The Kier molecular flexibility index (Phi) is 6.84. The van der Waals surface area contributed by atoms with Crippen molar-refractivity contribution in [1.82, 2.24) is 5.32 Å². The topological polar surface area (TPSA) is 103 Å². The first kappa shape index (κ1) is 19.9. The summed E-state index contributed by atoms with van der Waals surface area (Å²) >= 11 is 5.04. The molecule has 1 amide bonds. The minimum Gasteiger partial charge on any atom is -0.496 e. The Bertz CT molecular complexity index is 898. The van der Waals surface area contributed by atoms with Gasteiger partial charge in [0.2, 0.25) is 5.91 Å². The highest BCUT2D eigenvalue weighted by Gasteiger charge is 2.16. The van der Waals surface area contributed by atoms with Gasteiger partial charge in [-0.1, -0.05) is 18.2 Å². The van der Waals surface area contributed by atoms with Crippen molar-refractivity contribution in [3.63, 3.8) is 0 Å². The van der Waals surface area contributed by atoms with Crippen molar-refractivity contribution in [2.24, 2.45) is 0 Å². The summed E-state index contributed by atoms with van der Waals surface area (Å²) in [4.78, 5) is 22.6. The van der Waals surface area contributed by atoms with E-state index in [9.17, 15) is 14.9 Å². The number of nitro groups is 1. The highest BCUT2D eigenvalue weighted by atomic mass is 32.1. The van der Waals surface area contributed by atoms with Gasteiger partial charge in [-0.3, -0.25) is 20.2 Å². The van der Waals surface area contributed by atoms with Crippen molar-refractivity contribution < 1.29 is 19.2 Å². The molecule has 27 heavy (non-hydrogen) atoms. The highest BCUT2D eigenvalue weighted by molar-refractivity contribution is 7.80. The van der Waals surface area contributed by atoms with Crippen LogP contribution in [0.15, 0.2) is 48.5 Å². The summed E-state index contributed by atoms with van der Waals surface area (Å²) in [5.74, 6) is 0.465. The molecule has 0 saturated carbocycles. The minimum atomic E-state index is -0.573. The molecule has 0 heterocycles. The van der Waals surface area contributed by atoms with Gasteiger partial charge in [0, 0.05) is 11.6 Å². The van der Waals surface area contributed by atoms with E-state index in [1.807, 2.05) is 12.1 Å². The average molecular weight is 387 g/mol. The Balaban J connectivity index is 2.04. The molecule has 2 N–H and O–H groups in total. The first-order valence-electron chi connectivity index (χ1n) is 7.70.